The van der Waals surface area contributed by atoms with E-state index in [4.69, 9.17) is 9.84 Å². The standard InChI is InChI=1S/C16H21N3O5/c1-10(23-7-6-16(2,3)15(21)22)9-17-14(20)11-4-5-12-13(8-11)19-24-18-12/h4-5,8,10H,6-7,9H2,1-3H3,(H,17,20)(H,21,22). The molecule has 1 heterocycles. The topological polar surface area (TPSA) is 115 Å². The maximum atomic E-state index is 12.1. The summed E-state index contributed by atoms with van der Waals surface area (Å²) in [6, 6.07) is 4.90. The van der Waals surface area contributed by atoms with Crippen LogP contribution >= 0.6 is 0 Å². The minimum absolute atomic E-state index is 0.226. The molecular formula is C16H21N3O5. The quantitative estimate of drug-likeness (QED) is 0.756. The van der Waals surface area contributed by atoms with Gasteiger partial charge in [0.25, 0.3) is 5.91 Å². The van der Waals surface area contributed by atoms with Crippen molar-refractivity contribution in [2.75, 3.05) is 13.2 Å². The maximum Gasteiger partial charge on any atom is 0.309 e. The van der Waals surface area contributed by atoms with E-state index in [1.807, 2.05) is 6.92 Å². The van der Waals surface area contributed by atoms with E-state index in [2.05, 4.69) is 20.3 Å². The van der Waals surface area contributed by atoms with Crippen LogP contribution in [0.2, 0.25) is 0 Å². The molecule has 1 aromatic carbocycles. The predicted octanol–water partition coefficient (Wildman–Crippen LogP) is 1.86. The lowest BCUT2D eigenvalue weighted by molar-refractivity contribution is -0.148. The van der Waals surface area contributed by atoms with Gasteiger partial charge in [-0.05, 0) is 55.7 Å². The first kappa shape index (κ1) is 17.9. The summed E-state index contributed by atoms with van der Waals surface area (Å²) >= 11 is 0. The summed E-state index contributed by atoms with van der Waals surface area (Å²) < 4.78 is 10.1. The van der Waals surface area contributed by atoms with E-state index in [1.54, 1.807) is 32.0 Å². The lowest BCUT2D eigenvalue weighted by Crippen LogP contribution is -2.33. The first-order valence-electron chi connectivity index (χ1n) is 7.65. The van der Waals surface area contributed by atoms with Crippen LogP contribution in [0.15, 0.2) is 22.8 Å². The Morgan fingerprint density at radius 2 is 2.04 bits per heavy atom. The van der Waals surface area contributed by atoms with Crippen molar-refractivity contribution < 1.29 is 24.1 Å². The summed E-state index contributed by atoms with van der Waals surface area (Å²) in [6.45, 7) is 5.76. The van der Waals surface area contributed by atoms with Gasteiger partial charge < -0.3 is 15.2 Å². The van der Waals surface area contributed by atoms with Gasteiger partial charge in [0.1, 0.15) is 11.0 Å². The second-order valence-electron chi connectivity index (χ2n) is 6.30. The summed E-state index contributed by atoms with van der Waals surface area (Å²) in [5.41, 5.74) is 0.730. The Hall–Kier alpha value is -2.48. The molecule has 0 aliphatic heterocycles. The third-order valence-corrected chi connectivity index (χ3v) is 3.77. The van der Waals surface area contributed by atoms with Gasteiger partial charge in [-0.15, -0.1) is 0 Å². The molecule has 2 N–H and O–H groups in total. The Kier molecular flexibility index (Phi) is 5.50. The van der Waals surface area contributed by atoms with Crippen LogP contribution in [0.1, 0.15) is 37.6 Å². The molecule has 1 atom stereocenters. The zero-order valence-electron chi connectivity index (χ0n) is 13.9. The highest BCUT2D eigenvalue weighted by Gasteiger charge is 2.26. The Morgan fingerprint density at radius 1 is 1.33 bits per heavy atom. The number of carboxylic acid groups (broad SMARTS) is 1. The largest absolute Gasteiger partial charge is 0.481 e. The normalized spacial score (nSPS) is 13.0. The summed E-state index contributed by atoms with van der Waals surface area (Å²) in [7, 11) is 0. The van der Waals surface area contributed by atoms with Gasteiger partial charge in [-0.2, -0.15) is 0 Å². The van der Waals surface area contributed by atoms with Crippen molar-refractivity contribution >= 4 is 22.9 Å². The average molecular weight is 335 g/mol. The monoisotopic (exact) mass is 335 g/mol. The van der Waals surface area contributed by atoms with Crippen molar-refractivity contribution in [1.82, 2.24) is 15.6 Å². The van der Waals surface area contributed by atoms with E-state index in [0.29, 0.717) is 36.2 Å². The summed E-state index contributed by atoms with van der Waals surface area (Å²) in [6.07, 6.45) is 0.173. The van der Waals surface area contributed by atoms with Gasteiger partial charge in [0.15, 0.2) is 0 Å². The number of nitrogens with zero attached hydrogens (tertiary/aromatic N) is 2. The van der Waals surface area contributed by atoms with Crippen molar-refractivity contribution in [3.05, 3.63) is 23.8 Å². The Balaban J connectivity index is 1.77. The average Bonchev–Trinajstić information content (AvgIpc) is 2.99. The van der Waals surface area contributed by atoms with Crippen molar-refractivity contribution in [1.29, 1.82) is 0 Å². The number of ether oxygens (including phenoxy) is 1. The Labute approximate surface area is 139 Å². The number of carbonyl (C=O) groups is 2. The van der Waals surface area contributed by atoms with Crippen LogP contribution in [0.25, 0.3) is 11.0 Å². The minimum atomic E-state index is -0.857. The van der Waals surface area contributed by atoms with Crippen molar-refractivity contribution in [3.8, 4) is 0 Å². The lowest BCUT2D eigenvalue weighted by Gasteiger charge is -2.20. The number of rotatable bonds is 8. The van der Waals surface area contributed by atoms with Crippen LogP contribution in [0.5, 0.6) is 0 Å². The van der Waals surface area contributed by atoms with Gasteiger partial charge in [-0.3, -0.25) is 9.59 Å². The predicted molar refractivity (Wildman–Crippen MR) is 85.6 cm³/mol. The summed E-state index contributed by atoms with van der Waals surface area (Å²) in [5.74, 6) is -1.11. The van der Waals surface area contributed by atoms with E-state index in [-0.39, 0.29) is 12.0 Å². The fourth-order valence-electron chi connectivity index (χ4n) is 1.94. The number of amides is 1. The van der Waals surface area contributed by atoms with Gasteiger partial charge in [-0.1, -0.05) is 0 Å². The van der Waals surface area contributed by atoms with Crippen LogP contribution < -0.4 is 5.32 Å². The van der Waals surface area contributed by atoms with E-state index in [9.17, 15) is 9.59 Å². The third-order valence-electron chi connectivity index (χ3n) is 3.77. The first-order valence-corrected chi connectivity index (χ1v) is 7.65. The molecular weight excluding hydrogens is 314 g/mol. The molecule has 0 bridgehead atoms. The molecule has 0 aliphatic carbocycles. The van der Waals surface area contributed by atoms with Crippen LogP contribution in [0, 0.1) is 5.41 Å². The molecule has 8 heteroatoms. The van der Waals surface area contributed by atoms with Gasteiger partial charge in [-0.25, -0.2) is 4.63 Å². The fraction of sp³-hybridized carbons (Fsp3) is 0.500. The Morgan fingerprint density at radius 3 is 2.75 bits per heavy atom. The smallest absolute Gasteiger partial charge is 0.309 e. The second-order valence-corrected chi connectivity index (χ2v) is 6.30. The molecule has 0 saturated heterocycles. The highest BCUT2D eigenvalue weighted by molar-refractivity contribution is 5.97. The second kappa shape index (κ2) is 7.39. The zero-order chi connectivity index (χ0) is 17.7. The SMILES string of the molecule is CC(CNC(=O)c1ccc2nonc2c1)OCCC(C)(C)C(=O)O. The van der Waals surface area contributed by atoms with Gasteiger partial charge in [0.05, 0.1) is 11.5 Å². The molecule has 8 nitrogen and oxygen atoms in total. The van der Waals surface area contributed by atoms with Crippen LogP contribution in [0.3, 0.4) is 0 Å². The number of hydrogen-bond acceptors (Lipinski definition) is 6. The molecule has 24 heavy (non-hydrogen) atoms. The fourth-order valence-corrected chi connectivity index (χ4v) is 1.94. The molecule has 2 aromatic rings. The minimum Gasteiger partial charge on any atom is -0.481 e. The van der Waals surface area contributed by atoms with Crippen molar-refractivity contribution in [2.45, 2.75) is 33.3 Å². The number of carboxylic acids is 1. The highest BCUT2D eigenvalue weighted by Crippen LogP contribution is 2.20. The molecule has 1 unspecified atom stereocenters. The number of carbonyl (C=O) groups excluding carboxylic acids is 1. The van der Waals surface area contributed by atoms with Crippen molar-refractivity contribution in [3.63, 3.8) is 0 Å². The number of aliphatic carboxylic acids is 1. The molecule has 2 rings (SSSR count). The Bertz CT molecular complexity index is 725. The van der Waals surface area contributed by atoms with Gasteiger partial charge in [0.2, 0.25) is 0 Å². The van der Waals surface area contributed by atoms with E-state index in [1.165, 1.54) is 0 Å². The molecule has 0 saturated carbocycles. The summed E-state index contributed by atoms with van der Waals surface area (Å²) in [5, 5.41) is 19.2. The van der Waals surface area contributed by atoms with Crippen LogP contribution in [-0.4, -0.2) is 46.6 Å². The molecule has 0 spiro atoms. The highest BCUT2D eigenvalue weighted by atomic mass is 16.6. The lowest BCUT2D eigenvalue weighted by atomic mass is 9.90. The molecule has 0 aliphatic rings. The van der Waals surface area contributed by atoms with E-state index < -0.39 is 11.4 Å². The molecule has 0 fully saturated rings. The van der Waals surface area contributed by atoms with Crippen molar-refractivity contribution in [2.24, 2.45) is 5.41 Å². The van der Waals surface area contributed by atoms with Crippen LogP contribution in [-0.2, 0) is 9.53 Å². The zero-order valence-corrected chi connectivity index (χ0v) is 13.9. The molecule has 0 radical (unpaired) electrons. The van der Waals surface area contributed by atoms with E-state index in [0.717, 1.165) is 0 Å². The van der Waals surface area contributed by atoms with Crippen LogP contribution in [0.4, 0.5) is 0 Å². The van der Waals surface area contributed by atoms with Gasteiger partial charge >= 0.3 is 5.97 Å². The number of benzene rings is 1. The number of nitrogens with one attached hydrogen (secondary N) is 1. The number of aromatic nitrogens is 2. The first-order chi connectivity index (χ1) is 11.3. The molecule has 1 aromatic heterocycles. The molecule has 130 valence electrons. The third kappa shape index (κ3) is 4.51. The maximum absolute atomic E-state index is 12.1. The van der Waals surface area contributed by atoms with E-state index >= 15 is 0 Å². The number of fused-ring (bicyclic) bond motifs is 1. The van der Waals surface area contributed by atoms with Gasteiger partial charge in [0, 0.05) is 18.7 Å². The summed E-state index contributed by atoms with van der Waals surface area (Å²) in [4.78, 5) is 23.1. The molecule has 1 amide bonds. The number of hydrogen-bond donors (Lipinski definition) is 2.